The highest BCUT2D eigenvalue weighted by Crippen LogP contribution is 2.32. The van der Waals surface area contributed by atoms with Gasteiger partial charge < -0.3 is 5.32 Å². The van der Waals surface area contributed by atoms with Crippen molar-refractivity contribution in [1.29, 1.82) is 0 Å². The molecule has 0 radical (unpaired) electrons. The number of sulfone groups is 1. The summed E-state index contributed by atoms with van der Waals surface area (Å²) in [4.78, 5) is 37.9. The van der Waals surface area contributed by atoms with Crippen LogP contribution in [0.3, 0.4) is 0 Å². The van der Waals surface area contributed by atoms with Crippen LogP contribution < -0.4 is 5.32 Å². The molecule has 3 rings (SSSR count). The fourth-order valence-corrected chi connectivity index (χ4v) is 4.20. The first-order chi connectivity index (χ1) is 14.2. The summed E-state index contributed by atoms with van der Waals surface area (Å²) in [7, 11) is -3.46. The van der Waals surface area contributed by atoms with Gasteiger partial charge in [-0.2, -0.15) is 0 Å². The van der Waals surface area contributed by atoms with Crippen molar-refractivity contribution in [3.8, 4) is 0 Å². The number of hydrogen-bond donors (Lipinski definition) is 1. The predicted octanol–water partition coefficient (Wildman–Crippen LogP) is 2.70. The minimum Gasteiger partial charge on any atom is -0.350 e. The van der Waals surface area contributed by atoms with Crippen molar-refractivity contribution >= 4 is 44.7 Å². The van der Waals surface area contributed by atoms with Crippen molar-refractivity contribution in [1.82, 2.24) is 10.2 Å². The zero-order valence-corrected chi connectivity index (χ0v) is 17.4. The number of imide groups is 1. The second kappa shape index (κ2) is 8.80. The van der Waals surface area contributed by atoms with Gasteiger partial charge in [-0.15, -0.1) is 0 Å². The van der Waals surface area contributed by atoms with Gasteiger partial charge in [-0.3, -0.25) is 19.3 Å². The second-order valence-electron chi connectivity index (χ2n) is 6.41. The van der Waals surface area contributed by atoms with Crippen molar-refractivity contribution in [2.45, 2.75) is 4.90 Å². The molecule has 0 aromatic heterocycles. The molecular weight excluding hydrogens is 431 g/mol. The molecule has 1 fully saturated rings. The van der Waals surface area contributed by atoms with Crippen molar-refractivity contribution in [2.24, 2.45) is 0 Å². The third-order valence-corrected chi connectivity index (χ3v) is 6.23. The molecule has 0 unspecified atom stereocenters. The van der Waals surface area contributed by atoms with E-state index < -0.39 is 32.7 Å². The molecular formula is C20H17FN2O5S2. The van der Waals surface area contributed by atoms with E-state index in [1.165, 1.54) is 48.5 Å². The average Bonchev–Trinajstić information content (AvgIpc) is 2.96. The Kier molecular flexibility index (Phi) is 6.37. The van der Waals surface area contributed by atoms with Gasteiger partial charge in [0.15, 0.2) is 9.84 Å². The lowest BCUT2D eigenvalue weighted by atomic mass is 10.2. The summed E-state index contributed by atoms with van der Waals surface area (Å²) < 4.78 is 37.0. The number of halogens is 1. The molecule has 0 atom stereocenters. The van der Waals surface area contributed by atoms with Gasteiger partial charge in [0.25, 0.3) is 17.1 Å². The number of carbonyl (C=O) groups excluding carboxylic acids is 3. The van der Waals surface area contributed by atoms with E-state index in [1.807, 2.05) is 0 Å². The summed E-state index contributed by atoms with van der Waals surface area (Å²) in [6.07, 6.45) is 2.36. The van der Waals surface area contributed by atoms with Gasteiger partial charge in [0.05, 0.1) is 9.80 Å². The van der Waals surface area contributed by atoms with Crippen LogP contribution in [-0.2, 0) is 14.6 Å². The lowest BCUT2D eigenvalue weighted by Gasteiger charge is -2.13. The molecule has 30 heavy (non-hydrogen) atoms. The van der Waals surface area contributed by atoms with Crippen molar-refractivity contribution < 1.29 is 27.2 Å². The normalized spacial score (nSPS) is 15.7. The second-order valence-corrected chi connectivity index (χ2v) is 9.42. The van der Waals surface area contributed by atoms with Crippen LogP contribution in [0.15, 0.2) is 58.3 Å². The maximum absolute atomic E-state index is 13.8. The Morgan fingerprint density at radius 2 is 1.90 bits per heavy atom. The lowest BCUT2D eigenvalue weighted by Crippen LogP contribution is -2.37. The van der Waals surface area contributed by atoms with Crippen LogP contribution in [-0.4, -0.2) is 49.7 Å². The maximum atomic E-state index is 13.8. The van der Waals surface area contributed by atoms with Crippen molar-refractivity contribution in [2.75, 3.05) is 19.3 Å². The summed E-state index contributed by atoms with van der Waals surface area (Å²) in [6, 6.07) is 11.4. The molecule has 0 saturated carbocycles. The van der Waals surface area contributed by atoms with Crippen LogP contribution in [0.2, 0.25) is 0 Å². The number of rotatable bonds is 6. The number of nitrogens with one attached hydrogen (secondary N) is 1. The third kappa shape index (κ3) is 4.95. The van der Waals surface area contributed by atoms with E-state index >= 15 is 0 Å². The van der Waals surface area contributed by atoms with Crippen molar-refractivity contribution in [3.05, 3.63) is 70.4 Å². The highest BCUT2D eigenvalue weighted by atomic mass is 32.2. The molecule has 0 aliphatic carbocycles. The standard InChI is InChI=1S/C20H17FN2O5S2/c1-30(27,28)15-7-4-6-14(11-15)18(24)22-9-10-23-19(25)17(29-20(23)26)12-13-5-2-3-8-16(13)21/h2-8,11-12H,9-10H2,1H3,(H,22,24). The van der Waals surface area contributed by atoms with E-state index in [0.29, 0.717) is 11.8 Å². The highest BCUT2D eigenvalue weighted by molar-refractivity contribution is 8.18. The summed E-state index contributed by atoms with van der Waals surface area (Å²) in [6.45, 7) is -0.0935. The molecule has 1 N–H and O–H groups in total. The highest BCUT2D eigenvalue weighted by Gasteiger charge is 2.34. The minimum atomic E-state index is -3.46. The predicted molar refractivity (Wildman–Crippen MR) is 111 cm³/mol. The van der Waals surface area contributed by atoms with E-state index in [2.05, 4.69) is 5.32 Å². The van der Waals surface area contributed by atoms with Crippen LogP contribution in [0.1, 0.15) is 15.9 Å². The first kappa shape index (κ1) is 21.7. The van der Waals surface area contributed by atoms with E-state index in [1.54, 1.807) is 6.07 Å². The summed E-state index contributed by atoms with van der Waals surface area (Å²) in [5.74, 6) is -1.61. The first-order valence-electron chi connectivity index (χ1n) is 8.75. The molecule has 0 bridgehead atoms. The van der Waals surface area contributed by atoms with Crippen LogP contribution in [0, 0.1) is 5.82 Å². The van der Waals surface area contributed by atoms with Gasteiger partial charge in [0, 0.05) is 30.5 Å². The van der Waals surface area contributed by atoms with Crippen LogP contribution in [0.5, 0.6) is 0 Å². The van der Waals surface area contributed by atoms with E-state index in [-0.39, 0.29) is 34.0 Å². The number of carbonyl (C=O) groups is 3. The Balaban J connectivity index is 1.63. The maximum Gasteiger partial charge on any atom is 0.293 e. The summed E-state index contributed by atoms with van der Waals surface area (Å²) in [5, 5.41) is 2.03. The van der Waals surface area contributed by atoms with Gasteiger partial charge in [-0.1, -0.05) is 24.3 Å². The molecule has 10 heteroatoms. The fraction of sp³-hybridized carbons (Fsp3) is 0.150. The number of hydrogen-bond acceptors (Lipinski definition) is 6. The Labute approximate surface area is 176 Å². The summed E-state index contributed by atoms with van der Waals surface area (Å²) in [5.41, 5.74) is 0.341. The van der Waals surface area contributed by atoms with E-state index in [9.17, 15) is 27.2 Å². The third-order valence-electron chi connectivity index (χ3n) is 4.21. The van der Waals surface area contributed by atoms with Crippen LogP contribution in [0.25, 0.3) is 6.08 Å². The first-order valence-corrected chi connectivity index (χ1v) is 11.5. The molecule has 2 aromatic carbocycles. The molecule has 7 nitrogen and oxygen atoms in total. The number of benzene rings is 2. The lowest BCUT2D eigenvalue weighted by molar-refractivity contribution is -0.122. The molecule has 1 saturated heterocycles. The average molecular weight is 448 g/mol. The fourth-order valence-electron chi connectivity index (χ4n) is 2.68. The van der Waals surface area contributed by atoms with Gasteiger partial charge in [-0.05, 0) is 42.1 Å². The van der Waals surface area contributed by atoms with E-state index in [0.717, 1.165) is 11.2 Å². The largest absolute Gasteiger partial charge is 0.350 e. The van der Waals surface area contributed by atoms with Gasteiger partial charge in [-0.25, -0.2) is 12.8 Å². The Morgan fingerprint density at radius 3 is 2.60 bits per heavy atom. The molecule has 0 spiro atoms. The summed E-state index contributed by atoms with van der Waals surface area (Å²) >= 11 is 0.698. The van der Waals surface area contributed by atoms with E-state index in [4.69, 9.17) is 0 Å². The topological polar surface area (TPSA) is 101 Å². The molecule has 1 heterocycles. The molecule has 3 amide bonds. The number of thioether (sulfide) groups is 1. The Bertz CT molecular complexity index is 1160. The monoisotopic (exact) mass is 448 g/mol. The minimum absolute atomic E-state index is 0.0133. The molecule has 1 aliphatic rings. The van der Waals surface area contributed by atoms with Crippen molar-refractivity contribution in [3.63, 3.8) is 0 Å². The molecule has 1 aliphatic heterocycles. The van der Waals surface area contributed by atoms with Gasteiger partial charge >= 0.3 is 0 Å². The Hall–Kier alpha value is -2.98. The zero-order chi connectivity index (χ0) is 21.9. The zero-order valence-electron chi connectivity index (χ0n) is 15.8. The smallest absolute Gasteiger partial charge is 0.293 e. The van der Waals surface area contributed by atoms with Crippen LogP contribution >= 0.6 is 11.8 Å². The van der Waals surface area contributed by atoms with Gasteiger partial charge in [0.1, 0.15) is 5.82 Å². The van der Waals surface area contributed by atoms with Gasteiger partial charge in [0.2, 0.25) is 0 Å². The Morgan fingerprint density at radius 1 is 1.17 bits per heavy atom. The van der Waals surface area contributed by atoms with Crippen LogP contribution in [0.4, 0.5) is 9.18 Å². The molecule has 156 valence electrons. The number of nitrogens with zero attached hydrogens (tertiary/aromatic N) is 1. The quantitative estimate of drug-likeness (QED) is 0.682. The molecule has 2 aromatic rings. The SMILES string of the molecule is CS(=O)(=O)c1cccc(C(=O)NCCN2C(=O)SC(=Cc3ccccc3F)C2=O)c1. The number of amides is 3.